The summed E-state index contributed by atoms with van der Waals surface area (Å²) in [5.74, 6) is 0.618. The van der Waals surface area contributed by atoms with Gasteiger partial charge in [0, 0.05) is 17.7 Å². The van der Waals surface area contributed by atoms with Crippen molar-refractivity contribution >= 4 is 23.2 Å². The topological polar surface area (TPSA) is 68.2 Å². The highest BCUT2D eigenvalue weighted by atomic mass is 32.1. The van der Waals surface area contributed by atoms with Crippen molar-refractivity contribution in [3.63, 3.8) is 0 Å². The molecule has 2 aliphatic rings. The molecule has 1 aromatic heterocycles. The van der Waals surface area contributed by atoms with Crippen LogP contribution >= 0.6 is 11.3 Å². The molecule has 2 saturated heterocycles. The van der Waals surface area contributed by atoms with Gasteiger partial charge in [-0.05, 0) is 39.8 Å². The summed E-state index contributed by atoms with van der Waals surface area (Å²) in [6, 6.07) is 3.45. The molecule has 150 valence electrons. The summed E-state index contributed by atoms with van der Waals surface area (Å²) in [6.45, 7) is 12.8. The van der Waals surface area contributed by atoms with Crippen molar-refractivity contribution < 1.29 is 24.1 Å². The Kier molecular flexibility index (Phi) is 5.57. The van der Waals surface area contributed by atoms with Gasteiger partial charge in [0.15, 0.2) is 0 Å². The molecule has 2 aliphatic heterocycles. The molecule has 3 heterocycles. The summed E-state index contributed by atoms with van der Waals surface area (Å²) in [7, 11) is 0. The van der Waals surface area contributed by atoms with E-state index >= 15 is 0 Å². The Labute approximate surface area is 164 Å². The summed E-state index contributed by atoms with van der Waals surface area (Å²) in [5, 5.41) is 11.4. The number of hydrogen-bond acceptors (Lipinski definition) is 6. The van der Waals surface area contributed by atoms with Gasteiger partial charge >= 0.3 is 6.09 Å². The maximum Gasteiger partial charge on any atom is 0.410 e. The largest absolute Gasteiger partial charge is 0.493 e. The smallest absolute Gasteiger partial charge is 0.410 e. The molecule has 6 nitrogen and oxygen atoms in total. The molecule has 27 heavy (non-hydrogen) atoms. The summed E-state index contributed by atoms with van der Waals surface area (Å²) < 4.78 is 16.7. The molecule has 1 aromatic rings. The number of carbonyl (C=O) groups excluding carboxylic acids is 1. The van der Waals surface area contributed by atoms with Gasteiger partial charge in [-0.3, -0.25) is 4.90 Å². The summed E-state index contributed by atoms with van der Waals surface area (Å²) in [6.07, 6.45) is 0.507. The zero-order valence-corrected chi connectivity index (χ0v) is 17.3. The summed E-state index contributed by atoms with van der Waals surface area (Å²) in [4.78, 5) is 16.2. The predicted octanol–water partition coefficient (Wildman–Crippen LogP) is 3.74. The Bertz CT molecular complexity index is 693. The van der Waals surface area contributed by atoms with Crippen molar-refractivity contribution in [1.29, 1.82) is 0 Å². The van der Waals surface area contributed by atoms with Gasteiger partial charge in [0.25, 0.3) is 0 Å². The molecule has 2 fully saturated rings. The number of rotatable bonds is 4. The van der Waals surface area contributed by atoms with E-state index in [1.807, 2.05) is 39.8 Å². The first-order valence-corrected chi connectivity index (χ1v) is 10.2. The van der Waals surface area contributed by atoms with Gasteiger partial charge in [0.2, 0.25) is 0 Å². The fourth-order valence-corrected chi connectivity index (χ4v) is 4.81. The van der Waals surface area contributed by atoms with Crippen LogP contribution in [0.3, 0.4) is 0 Å². The van der Waals surface area contributed by atoms with E-state index in [2.05, 4.69) is 6.58 Å². The molecule has 0 aliphatic carbocycles. The average molecular weight is 396 g/mol. The molecule has 2 atom stereocenters. The minimum absolute atomic E-state index is 0.210. The standard InChI is InChI=1S/C20H29NO5S/c1-6-25-13(2)16-7-8-17(27-16)20(23)9-14-11-24-12-15(10-20)21(14)18(22)26-19(3,4)5/h7-8,14-15,23H,2,6,9-12H2,1,3-5H3. The van der Waals surface area contributed by atoms with E-state index in [4.69, 9.17) is 14.2 Å². The Balaban J connectivity index is 1.79. The molecule has 2 unspecified atom stereocenters. The van der Waals surface area contributed by atoms with Crippen LogP contribution in [0.5, 0.6) is 0 Å². The summed E-state index contributed by atoms with van der Waals surface area (Å²) in [5.41, 5.74) is -1.55. The number of ether oxygens (including phenoxy) is 3. The first-order chi connectivity index (χ1) is 12.6. The van der Waals surface area contributed by atoms with E-state index in [1.165, 1.54) is 11.3 Å². The third kappa shape index (κ3) is 4.31. The van der Waals surface area contributed by atoms with E-state index in [0.29, 0.717) is 38.4 Å². The zero-order valence-electron chi connectivity index (χ0n) is 16.5. The quantitative estimate of drug-likeness (QED) is 0.787. The number of carbonyl (C=O) groups is 1. The number of hydrogen-bond donors (Lipinski definition) is 1. The van der Waals surface area contributed by atoms with Gasteiger partial charge in [-0.2, -0.15) is 0 Å². The van der Waals surface area contributed by atoms with Crippen molar-refractivity contribution in [3.05, 3.63) is 28.5 Å². The van der Waals surface area contributed by atoms with Crippen LogP contribution in [-0.2, 0) is 19.8 Å². The Hall–Kier alpha value is -1.57. The van der Waals surface area contributed by atoms with E-state index in [9.17, 15) is 9.90 Å². The molecule has 0 saturated carbocycles. The molecule has 0 spiro atoms. The monoisotopic (exact) mass is 395 g/mol. The molecule has 1 amide bonds. The van der Waals surface area contributed by atoms with Gasteiger partial charge in [-0.25, -0.2) is 4.79 Å². The third-order valence-corrected chi connectivity index (χ3v) is 6.14. The van der Waals surface area contributed by atoms with Gasteiger partial charge < -0.3 is 19.3 Å². The number of aliphatic hydroxyl groups is 1. The second-order valence-electron chi connectivity index (χ2n) is 8.19. The third-order valence-electron chi connectivity index (χ3n) is 4.82. The molecule has 3 rings (SSSR count). The predicted molar refractivity (Wildman–Crippen MR) is 105 cm³/mol. The van der Waals surface area contributed by atoms with E-state index in [-0.39, 0.29) is 18.2 Å². The Morgan fingerprint density at radius 2 is 2.00 bits per heavy atom. The van der Waals surface area contributed by atoms with Crippen molar-refractivity contribution in [3.8, 4) is 0 Å². The van der Waals surface area contributed by atoms with Gasteiger partial charge in [-0.15, -0.1) is 11.3 Å². The molecular formula is C20H29NO5S. The van der Waals surface area contributed by atoms with E-state index in [0.717, 1.165) is 9.75 Å². The fraction of sp³-hybridized carbons (Fsp3) is 0.650. The van der Waals surface area contributed by atoms with Crippen LogP contribution in [0.2, 0.25) is 0 Å². The van der Waals surface area contributed by atoms with Crippen LogP contribution in [0.4, 0.5) is 4.79 Å². The number of amides is 1. The van der Waals surface area contributed by atoms with Crippen molar-refractivity contribution in [2.45, 2.75) is 63.8 Å². The minimum Gasteiger partial charge on any atom is -0.493 e. The lowest BCUT2D eigenvalue weighted by atomic mass is 9.80. The molecule has 0 aromatic carbocycles. The SMILES string of the molecule is C=C(OCC)c1ccc(C2(O)CC3COCC(C2)N3C(=O)OC(C)(C)C)s1. The maximum atomic E-state index is 12.7. The second-order valence-corrected chi connectivity index (χ2v) is 9.28. The lowest BCUT2D eigenvalue weighted by Crippen LogP contribution is -2.63. The molecule has 1 N–H and O–H groups in total. The highest BCUT2D eigenvalue weighted by Gasteiger charge is 2.50. The molecular weight excluding hydrogens is 366 g/mol. The van der Waals surface area contributed by atoms with Crippen molar-refractivity contribution in [2.75, 3.05) is 19.8 Å². The number of fused-ring (bicyclic) bond motifs is 2. The van der Waals surface area contributed by atoms with Crippen LogP contribution in [0.15, 0.2) is 18.7 Å². The van der Waals surface area contributed by atoms with Crippen molar-refractivity contribution in [2.24, 2.45) is 0 Å². The highest BCUT2D eigenvalue weighted by Crippen LogP contribution is 2.44. The molecule has 7 heteroatoms. The second kappa shape index (κ2) is 7.45. The van der Waals surface area contributed by atoms with Gasteiger partial charge in [0.05, 0.1) is 36.8 Å². The van der Waals surface area contributed by atoms with Gasteiger partial charge in [0.1, 0.15) is 17.0 Å². The fourth-order valence-electron chi connectivity index (χ4n) is 3.77. The highest BCUT2D eigenvalue weighted by molar-refractivity contribution is 7.13. The molecule has 0 radical (unpaired) electrons. The van der Waals surface area contributed by atoms with Crippen LogP contribution in [0.1, 0.15) is 50.3 Å². The van der Waals surface area contributed by atoms with Crippen LogP contribution in [0, 0.1) is 0 Å². The number of morpholine rings is 1. The van der Waals surface area contributed by atoms with Gasteiger partial charge in [-0.1, -0.05) is 6.58 Å². The van der Waals surface area contributed by atoms with Crippen LogP contribution in [0.25, 0.3) is 5.76 Å². The number of piperidine rings is 1. The average Bonchev–Trinajstić information content (AvgIpc) is 3.03. The van der Waals surface area contributed by atoms with Crippen LogP contribution < -0.4 is 0 Å². The van der Waals surface area contributed by atoms with Crippen LogP contribution in [-0.4, -0.2) is 53.6 Å². The maximum absolute atomic E-state index is 12.7. The lowest BCUT2D eigenvalue weighted by Gasteiger charge is -2.51. The summed E-state index contributed by atoms with van der Waals surface area (Å²) >= 11 is 1.49. The Morgan fingerprint density at radius 3 is 2.56 bits per heavy atom. The van der Waals surface area contributed by atoms with E-state index in [1.54, 1.807) is 4.90 Å². The zero-order chi connectivity index (χ0) is 19.8. The lowest BCUT2D eigenvalue weighted by molar-refractivity contribution is -0.140. The number of thiophene rings is 1. The number of nitrogens with zero attached hydrogens (tertiary/aromatic N) is 1. The molecule has 2 bridgehead atoms. The normalized spacial score (nSPS) is 28.0. The Morgan fingerprint density at radius 1 is 1.37 bits per heavy atom. The first kappa shape index (κ1) is 20.2. The first-order valence-electron chi connectivity index (χ1n) is 9.37. The minimum atomic E-state index is -0.993. The van der Waals surface area contributed by atoms with E-state index < -0.39 is 11.2 Å². The van der Waals surface area contributed by atoms with Crippen molar-refractivity contribution in [1.82, 2.24) is 4.90 Å².